The SMILES string of the molecule is CC(C)(C)OC(=O)N1CCN(c2nc(Nc3cccc(C(F)(F)F)c3)nc(OCC(F)(F)F)n2)CC1. The van der Waals surface area contributed by atoms with E-state index >= 15 is 0 Å². The zero-order valence-corrected chi connectivity index (χ0v) is 19.6. The van der Waals surface area contributed by atoms with Crippen LogP contribution in [0.25, 0.3) is 0 Å². The van der Waals surface area contributed by atoms with Crippen LogP contribution >= 0.6 is 0 Å². The van der Waals surface area contributed by atoms with Crippen molar-refractivity contribution in [2.45, 2.75) is 38.7 Å². The predicted octanol–water partition coefficient (Wildman–Crippen LogP) is 4.63. The van der Waals surface area contributed by atoms with Crippen molar-refractivity contribution in [2.75, 3.05) is 43.0 Å². The van der Waals surface area contributed by atoms with Gasteiger partial charge in [-0.15, -0.1) is 0 Å². The third kappa shape index (κ3) is 8.02. The van der Waals surface area contributed by atoms with Crippen LogP contribution in [-0.2, 0) is 10.9 Å². The van der Waals surface area contributed by atoms with Gasteiger partial charge in [-0.25, -0.2) is 4.79 Å². The lowest BCUT2D eigenvalue weighted by Crippen LogP contribution is -2.50. The molecule has 3 rings (SSSR count). The lowest BCUT2D eigenvalue weighted by Gasteiger charge is -2.35. The highest BCUT2D eigenvalue weighted by Gasteiger charge is 2.32. The number of hydrogen-bond acceptors (Lipinski definition) is 8. The first-order chi connectivity index (χ1) is 16.6. The average molecular weight is 522 g/mol. The highest BCUT2D eigenvalue weighted by Crippen LogP contribution is 2.31. The van der Waals surface area contributed by atoms with Gasteiger partial charge in [-0.2, -0.15) is 41.3 Å². The molecule has 1 aromatic heterocycles. The maximum absolute atomic E-state index is 13.0. The van der Waals surface area contributed by atoms with E-state index in [1.807, 2.05) is 0 Å². The smallest absolute Gasteiger partial charge is 0.422 e. The molecule has 0 bridgehead atoms. The van der Waals surface area contributed by atoms with Crippen molar-refractivity contribution < 1.29 is 40.6 Å². The number of rotatable bonds is 5. The number of halogens is 6. The van der Waals surface area contributed by atoms with E-state index in [0.717, 1.165) is 18.2 Å². The highest BCUT2D eigenvalue weighted by atomic mass is 19.4. The molecule has 0 aliphatic carbocycles. The Bertz CT molecular complexity index is 1070. The normalized spacial score (nSPS) is 15.0. The van der Waals surface area contributed by atoms with Gasteiger partial charge in [0.2, 0.25) is 11.9 Å². The number of piperazine rings is 1. The summed E-state index contributed by atoms with van der Waals surface area (Å²) in [4.78, 5) is 27.1. The standard InChI is InChI=1S/C21H24F6N6O3/c1-19(2,3)36-18(34)33-9-7-32(8-10-33)16-29-15(30-17(31-16)35-12-20(22,23)24)28-14-6-4-5-13(11-14)21(25,26)27/h4-6,11H,7-10,12H2,1-3H3,(H,28,29,30,31). The molecule has 1 aliphatic heterocycles. The fraction of sp³-hybridized carbons (Fsp3) is 0.524. The van der Waals surface area contributed by atoms with Gasteiger partial charge in [0, 0.05) is 31.9 Å². The molecule has 198 valence electrons. The lowest BCUT2D eigenvalue weighted by atomic mass is 10.2. The zero-order valence-electron chi connectivity index (χ0n) is 19.6. The largest absolute Gasteiger partial charge is 0.454 e. The monoisotopic (exact) mass is 522 g/mol. The van der Waals surface area contributed by atoms with E-state index in [1.165, 1.54) is 11.0 Å². The van der Waals surface area contributed by atoms with Gasteiger partial charge < -0.3 is 24.6 Å². The third-order valence-corrected chi connectivity index (χ3v) is 4.63. The van der Waals surface area contributed by atoms with Crippen LogP contribution in [0.4, 0.5) is 48.7 Å². The maximum Gasteiger partial charge on any atom is 0.422 e. The number of carbonyl (C=O) groups excluding carboxylic acids is 1. The van der Waals surface area contributed by atoms with Crippen molar-refractivity contribution in [1.82, 2.24) is 19.9 Å². The quantitative estimate of drug-likeness (QED) is 0.569. The molecule has 36 heavy (non-hydrogen) atoms. The van der Waals surface area contributed by atoms with Gasteiger partial charge in [-0.1, -0.05) is 6.07 Å². The molecule has 2 heterocycles. The summed E-state index contributed by atoms with van der Waals surface area (Å²) in [5.41, 5.74) is -1.66. The Labute approximate surface area is 202 Å². The molecule has 1 aromatic carbocycles. The van der Waals surface area contributed by atoms with E-state index in [-0.39, 0.29) is 43.8 Å². The number of nitrogens with zero attached hydrogens (tertiary/aromatic N) is 5. The van der Waals surface area contributed by atoms with Gasteiger partial charge in [-0.05, 0) is 39.0 Å². The van der Waals surface area contributed by atoms with Crippen LogP contribution in [0.3, 0.4) is 0 Å². The fourth-order valence-corrected chi connectivity index (χ4v) is 3.07. The van der Waals surface area contributed by atoms with Crippen molar-refractivity contribution in [3.63, 3.8) is 0 Å². The molecule has 0 radical (unpaired) electrons. The van der Waals surface area contributed by atoms with Crippen LogP contribution in [-0.4, -0.2) is 70.5 Å². The van der Waals surface area contributed by atoms with E-state index in [4.69, 9.17) is 4.74 Å². The molecule has 1 aliphatic rings. The summed E-state index contributed by atoms with van der Waals surface area (Å²) in [6, 6.07) is 3.48. The van der Waals surface area contributed by atoms with E-state index < -0.39 is 42.2 Å². The van der Waals surface area contributed by atoms with Gasteiger partial charge >= 0.3 is 24.5 Å². The molecular formula is C21H24F6N6O3. The number of ether oxygens (including phenoxy) is 2. The van der Waals surface area contributed by atoms with Gasteiger partial charge in [0.05, 0.1) is 5.56 Å². The molecular weight excluding hydrogens is 498 g/mol. The second-order valence-corrected chi connectivity index (χ2v) is 8.80. The Balaban J connectivity index is 1.80. The molecule has 15 heteroatoms. The van der Waals surface area contributed by atoms with Crippen molar-refractivity contribution >= 4 is 23.7 Å². The second-order valence-electron chi connectivity index (χ2n) is 8.80. The molecule has 9 nitrogen and oxygen atoms in total. The lowest BCUT2D eigenvalue weighted by molar-refractivity contribution is -0.154. The average Bonchev–Trinajstić information content (AvgIpc) is 2.76. The Hall–Kier alpha value is -3.52. The number of hydrogen-bond donors (Lipinski definition) is 1. The molecule has 1 saturated heterocycles. The summed E-state index contributed by atoms with van der Waals surface area (Å²) in [7, 11) is 0. The molecule has 1 N–H and O–H groups in total. The second kappa shape index (κ2) is 10.2. The van der Waals surface area contributed by atoms with E-state index in [0.29, 0.717) is 0 Å². The summed E-state index contributed by atoms with van der Waals surface area (Å²) in [5, 5.41) is 2.55. The Morgan fingerprint density at radius 1 is 1.00 bits per heavy atom. The topological polar surface area (TPSA) is 92.7 Å². The van der Waals surface area contributed by atoms with Gasteiger partial charge in [0.1, 0.15) is 5.60 Å². The van der Waals surface area contributed by atoms with Crippen molar-refractivity contribution in [3.8, 4) is 6.01 Å². The molecule has 0 saturated carbocycles. The summed E-state index contributed by atoms with van der Waals surface area (Å²) in [5.74, 6) is -0.383. The minimum Gasteiger partial charge on any atom is -0.454 e. The first-order valence-corrected chi connectivity index (χ1v) is 10.7. The van der Waals surface area contributed by atoms with Crippen LogP contribution in [0.5, 0.6) is 6.01 Å². The summed E-state index contributed by atoms with van der Waals surface area (Å²) in [6.07, 6.45) is -9.78. The summed E-state index contributed by atoms with van der Waals surface area (Å²) >= 11 is 0. The first-order valence-electron chi connectivity index (χ1n) is 10.7. The van der Waals surface area contributed by atoms with Crippen LogP contribution in [0.15, 0.2) is 24.3 Å². The van der Waals surface area contributed by atoms with Crippen LogP contribution < -0.4 is 15.0 Å². The van der Waals surface area contributed by atoms with Gasteiger partial charge in [0.25, 0.3) is 0 Å². The molecule has 1 amide bonds. The minimum absolute atomic E-state index is 0.0431. The number of nitrogens with one attached hydrogen (secondary N) is 1. The fourth-order valence-electron chi connectivity index (χ4n) is 3.07. The number of aromatic nitrogens is 3. The summed E-state index contributed by atoms with van der Waals surface area (Å²) in [6.45, 7) is 4.38. The van der Waals surface area contributed by atoms with Crippen molar-refractivity contribution in [3.05, 3.63) is 29.8 Å². The number of benzene rings is 1. The predicted molar refractivity (Wildman–Crippen MR) is 116 cm³/mol. The third-order valence-electron chi connectivity index (χ3n) is 4.63. The van der Waals surface area contributed by atoms with Crippen molar-refractivity contribution in [2.24, 2.45) is 0 Å². The number of carbonyl (C=O) groups is 1. The molecule has 1 fully saturated rings. The zero-order chi connectivity index (χ0) is 26.7. The van der Waals surface area contributed by atoms with Crippen LogP contribution in [0.2, 0.25) is 0 Å². The Kier molecular flexibility index (Phi) is 7.69. The van der Waals surface area contributed by atoms with Crippen LogP contribution in [0, 0.1) is 0 Å². The molecule has 0 atom stereocenters. The molecule has 2 aromatic rings. The van der Waals surface area contributed by atoms with Gasteiger partial charge in [-0.3, -0.25) is 0 Å². The number of alkyl halides is 6. The Morgan fingerprint density at radius 2 is 1.67 bits per heavy atom. The van der Waals surface area contributed by atoms with E-state index in [1.54, 1.807) is 25.7 Å². The van der Waals surface area contributed by atoms with E-state index in [2.05, 4.69) is 25.0 Å². The van der Waals surface area contributed by atoms with Crippen molar-refractivity contribution in [1.29, 1.82) is 0 Å². The van der Waals surface area contributed by atoms with Crippen LogP contribution in [0.1, 0.15) is 26.3 Å². The summed E-state index contributed by atoms with van der Waals surface area (Å²) < 4.78 is 87.0. The number of anilines is 3. The Morgan fingerprint density at radius 3 is 2.25 bits per heavy atom. The minimum atomic E-state index is -4.67. The first kappa shape index (κ1) is 27.1. The molecule has 0 unspecified atom stereocenters. The maximum atomic E-state index is 13.0. The number of amides is 1. The van der Waals surface area contributed by atoms with E-state index in [9.17, 15) is 31.1 Å². The highest BCUT2D eigenvalue weighted by molar-refractivity contribution is 5.68. The molecule has 0 spiro atoms. The van der Waals surface area contributed by atoms with Gasteiger partial charge in [0.15, 0.2) is 6.61 Å².